The van der Waals surface area contributed by atoms with Gasteiger partial charge < -0.3 is 0 Å². The Kier molecular flexibility index (Phi) is 4.06. The van der Waals surface area contributed by atoms with E-state index in [1.54, 1.807) is 0 Å². The zero-order chi connectivity index (χ0) is 15.9. The van der Waals surface area contributed by atoms with Crippen molar-refractivity contribution in [1.82, 2.24) is 4.98 Å². The largest absolute Gasteiger partial charge is 0.287 e. The molecule has 3 rings (SSSR count). The number of anilines is 1. The lowest BCUT2D eigenvalue weighted by Gasteiger charge is -2.11. The Labute approximate surface area is 140 Å². The van der Waals surface area contributed by atoms with E-state index in [-0.39, 0.29) is 18.9 Å². The smallest absolute Gasteiger partial charge is 0.230 e. The van der Waals surface area contributed by atoms with E-state index in [0.717, 1.165) is 15.7 Å². The van der Waals surface area contributed by atoms with Gasteiger partial charge in [0.15, 0.2) is 5.13 Å². The maximum atomic E-state index is 12.0. The normalized spacial score (nSPS) is 18.9. The molecule has 0 radical (unpaired) electrons. The highest BCUT2D eigenvalue weighted by Crippen LogP contribution is 2.31. The van der Waals surface area contributed by atoms with Gasteiger partial charge in [0, 0.05) is 28.4 Å². The van der Waals surface area contributed by atoms with E-state index in [1.807, 2.05) is 29.6 Å². The van der Waals surface area contributed by atoms with Crippen LogP contribution >= 0.6 is 27.3 Å². The van der Waals surface area contributed by atoms with Crippen LogP contribution in [-0.4, -0.2) is 31.1 Å². The number of nitrogens with zero attached hydrogens (tertiary/aromatic N) is 2. The monoisotopic (exact) mass is 401 g/mol. The van der Waals surface area contributed by atoms with Gasteiger partial charge in [0.25, 0.3) is 0 Å². The zero-order valence-electron chi connectivity index (χ0n) is 11.3. The van der Waals surface area contributed by atoms with Gasteiger partial charge in [0.2, 0.25) is 15.9 Å². The number of carbonyl (C=O) groups is 1. The molecular formula is C13H12BrN3O3S2. The molecule has 1 saturated heterocycles. The van der Waals surface area contributed by atoms with Crippen molar-refractivity contribution in [3.05, 3.63) is 34.1 Å². The van der Waals surface area contributed by atoms with Crippen LogP contribution in [-0.2, 0) is 14.8 Å². The molecule has 9 heteroatoms. The summed E-state index contributed by atoms with van der Waals surface area (Å²) in [5.41, 5.74) is 1.67. The number of aromatic nitrogens is 1. The number of amides is 1. The number of sulfonamides is 1. The standard InChI is InChI=1S/C13H12BrN3O3S2/c14-9-3-1-2-8(4-9)11-7-21-13(16-11)17-6-10(5-12(17)18)22(15,19)20/h1-4,7,10H,5-6H2,(H2,15,19,20). The molecule has 116 valence electrons. The molecule has 1 aliphatic rings. The van der Waals surface area contributed by atoms with Gasteiger partial charge in [-0.2, -0.15) is 0 Å². The summed E-state index contributed by atoms with van der Waals surface area (Å²) in [5, 5.41) is 6.60. The summed E-state index contributed by atoms with van der Waals surface area (Å²) >= 11 is 4.71. The van der Waals surface area contributed by atoms with Crippen molar-refractivity contribution in [2.75, 3.05) is 11.4 Å². The van der Waals surface area contributed by atoms with Gasteiger partial charge in [0.05, 0.1) is 5.69 Å². The minimum absolute atomic E-state index is 0.0586. The minimum atomic E-state index is -3.72. The summed E-state index contributed by atoms with van der Waals surface area (Å²) in [6.07, 6.45) is -0.0926. The van der Waals surface area contributed by atoms with Crippen LogP contribution < -0.4 is 10.0 Å². The summed E-state index contributed by atoms with van der Waals surface area (Å²) in [5.74, 6) is -0.269. The fourth-order valence-corrected chi connectivity index (χ4v) is 4.24. The molecule has 1 aliphatic heterocycles. The average molecular weight is 402 g/mol. The molecule has 2 aromatic rings. The Morgan fingerprint density at radius 3 is 2.82 bits per heavy atom. The number of nitrogens with two attached hydrogens (primary N) is 1. The van der Waals surface area contributed by atoms with Gasteiger partial charge in [-0.05, 0) is 12.1 Å². The van der Waals surface area contributed by atoms with Gasteiger partial charge in [-0.25, -0.2) is 18.5 Å². The van der Waals surface area contributed by atoms with Crippen molar-refractivity contribution < 1.29 is 13.2 Å². The van der Waals surface area contributed by atoms with E-state index in [1.165, 1.54) is 16.2 Å². The molecule has 0 aliphatic carbocycles. The van der Waals surface area contributed by atoms with Gasteiger partial charge in [0.1, 0.15) is 5.25 Å². The fourth-order valence-electron chi connectivity index (χ4n) is 2.25. The molecule has 1 atom stereocenters. The molecule has 0 spiro atoms. The van der Waals surface area contributed by atoms with Crippen LogP contribution in [0.25, 0.3) is 11.3 Å². The summed E-state index contributed by atoms with van der Waals surface area (Å²) in [7, 11) is -3.72. The van der Waals surface area contributed by atoms with Crippen LogP contribution in [0.5, 0.6) is 0 Å². The van der Waals surface area contributed by atoms with Gasteiger partial charge >= 0.3 is 0 Å². The topological polar surface area (TPSA) is 93.4 Å². The molecule has 1 aromatic carbocycles. The second kappa shape index (κ2) is 5.73. The lowest BCUT2D eigenvalue weighted by Crippen LogP contribution is -2.32. The first-order valence-corrected chi connectivity index (χ1v) is 9.66. The van der Waals surface area contributed by atoms with Crippen molar-refractivity contribution in [2.45, 2.75) is 11.7 Å². The van der Waals surface area contributed by atoms with Crippen LogP contribution in [0.15, 0.2) is 34.1 Å². The SMILES string of the molecule is NS(=O)(=O)C1CC(=O)N(c2nc(-c3cccc(Br)c3)cs2)C1. The van der Waals surface area contributed by atoms with E-state index in [0.29, 0.717) is 5.13 Å². The lowest BCUT2D eigenvalue weighted by molar-refractivity contribution is -0.117. The summed E-state index contributed by atoms with van der Waals surface area (Å²) in [4.78, 5) is 17.8. The molecule has 1 amide bonds. The number of thiazole rings is 1. The van der Waals surface area contributed by atoms with E-state index < -0.39 is 15.3 Å². The number of carbonyl (C=O) groups excluding carboxylic acids is 1. The molecule has 1 unspecified atom stereocenters. The van der Waals surface area contributed by atoms with Crippen molar-refractivity contribution in [3.63, 3.8) is 0 Å². The second-order valence-electron chi connectivity index (χ2n) is 4.95. The molecule has 22 heavy (non-hydrogen) atoms. The molecule has 0 saturated carbocycles. The highest BCUT2D eigenvalue weighted by molar-refractivity contribution is 9.10. The molecule has 2 heterocycles. The summed E-state index contributed by atoms with van der Waals surface area (Å²) < 4.78 is 23.7. The number of primary sulfonamides is 1. The van der Waals surface area contributed by atoms with E-state index in [2.05, 4.69) is 20.9 Å². The molecule has 6 nitrogen and oxygen atoms in total. The van der Waals surface area contributed by atoms with Crippen LogP contribution in [0, 0.1) is 0 Å². The second-order valence-corrected chi connectivity index (χ2v) is 8.54. The third-order valence-corrected chi connectivity index (χ3v) is 6.00. The first kappa shape index (κ1) is 15.6. The Morgan fingerprint density at radius 1 is 1.41 bits per heavy atom. The van der Waals surface area contributed by atoms with Gasteiger partial charge in [-0.1, -0.05) is 28.1 Å². The first-order valence-electron chi connectivity index (χ1n) is 6.38. The third-order valence-electron chi connectivity index (χ3n) is 3.40. The molecule has 1 aromatic heterocycles. The summed E-state index contributed by atoms with van der Waals surface area (Å²) in [6.45, 7) is 0.0586. The Bertz CT molecular complexity index is 835. The molecule has 0 bridgehead atoms. The Morgan fingerprint density at radius 2 is 2.18 bits per heavy atom. The highest BCUT2D eigenvalue weighted by atomic mass is 79.9. The zero-order valence-corrected chi connectivity index (χ0v) is 14.5. The first-order chi connectivity index (χ1) is 10.3. The van der Waals surface area contributed by atoms with Crippen molar-refractivity contribution in [1.29, 1.82) is 0 Å². The maximum absolute atomic E-state index is 12.0. The molecular weight excluding hydrogens is 390 g/mol. The highest BCUT2D eigenvalue weighted by Gasteiger charge is 2.38. The van der Waals surface area contributed by atoms with Crippen LogP contribution in [0.3, 0.4) is 0 Å². The number of benzene rings is 1. The van der Waals surface area contributed by atoms with Crippen molar-refractivity contribution >= 4 is 48.3 Å². The minimum Gasteiger partial charge on any atom is -0.287 e. The van der Waals surface area contributed by atoms with Crippen LogP contribution in [0.2, 0.25) is 0 Å². The van der Waals surface area contributed by atoms with Crippen molar-refractivity contribution in [2.24, 2.45) is 5.14 Å². The van der Waals surface area contributed by atoms with E-state index >= 15 is 0 Å². The van der Waals surface area contributed by atoms with Crippen LogP contribution in [0.4, 0.5) is 5.13 Å². The number of halogens is 1. The molecule has 2 N–H and O–H groups in total. The fraction of sp³-hybridized carbons (Fsp3) is 0.231. The Balaban J connectivity index is 1.87. The van der Waals surface area contributed by atoms with Gasteiger partial charge in [-0.3, -0.25) is 9.69 Å². The number of hydrogen-bond donors (Lipinski definition) is 1. The summed E-state index contributed by atoms with van der Waals surface area (Å²) in [6, 6.07) is 7.66. The predicted molar refractivity (Wildman–Crippen MR) is 89.1 cm³/mol. The van der Waals surface area contributed by atoms with E-state index in [4.69, 9.17) is 5.14 Å². The molecule has 1 fully saturated rings. The van der Waals surface area contributed by atoms with Gasteiger partial charge in [-0.15, -0.1) is 11.3 Å². The average Bonchev–Trinajstić information content (AvgIpc) is 3.04. The number of hydrogen-bond acceptors (Lipinski definition) is 5. The predicted octanol–water partition coefficient (Wildman–Crippen LogP) is 1.97. The third kappa shape index (κ3) is 3.07. The lowest BCUT2D eigenvalue weighted by atomic mass is 10.2. The van der Waals surface area contributed by atoms with Crippen molar-refractivity contribution in [3.8, 4) is 11.3 Å². The van der Waals surface area contributed by atoms with E-state index in [9.17, 15) is 13.2 Å². The number of rotatable bonds is 3. The van der Waals surface area contributed by atoms with Crippen LogP contribution in [0.1, 0.15) is 6.42 Å². The quantitative estimate of drug-likeness (QED) is 0.850. The maximum Gasteiger partial charge on any atom is 0.230 e. The Hall–Kier alpha value is -1.29.